The van der Waals surface area contributed by atoms with Crippen molar-refractivity contribution in [1.82, 2.24) is 14.5 Å². The van der Waals surface area contributed by atoms with E-state index in [0.29, 0.717) is 18.9 Å². The van der Waals surface area contributed by atoms with E-state index in [-0.39, 0.29) is 24.5 Å². The Morgan fingerprint density at radius 1 is 1.03 bits per heavy atom. The third-order valence-electron chi connectivity index (χ3n) is 7.21. The molecule has 0 saturated heterocycles. The minimum atomic E-state index is -0.214. The Balaban J connectivity index is 1.42. The molecule has 3 aromatic rings. The molecule has 5 rings (SSSR count). The van der Waals surface area contributed by atoms with Crippen molar-refractivity contribution in [3.05, 3.63) is 89.5 Å². The van der Waals surface area contributed by atoms with Crippen molar-refractivity contribution in [2.45, 2.75) is 57.2 Å². The van der Waals surface area contributed by atoms with E-state index in [2.05, 4.69) is 33.8 Å². The number of aliphatic hydroxyl groups excluding tert-OH is 1. The second kappa shape index (κ2) is 9.29. The van der Waals surface area contributed by atoms with E-state index in [1.165, 1.54) is 18.4 Å². The fourth-order valence-corrected chi connectivity index (χ4v) is 5.52. The van der Waals surface area contributed by atoms with Gasteiger partial charge in [-0.1, -0.05) is 73.5 Å². The van der Waals surface area contributed by atoms with Crippen LogP contribution < -0.4 is 0 Å². The van der Waals surface area contributed by atoms with Gasteiger partial charge in [-0.05, 0) is 29.9 Å². The average molecular weight is 430 g/mol. The fourth-order valence-electron chi connectivity index (χ4n) is 5.52. The molecule has 2 aromatic carbocycles. The molecule has 0 spiro atoms. The number of hydrogen-bond donors (Lipinski definition) is 1. The highest BCUT2D eigenvalue weighted by Gasteiger charge is 2.39. The molecule has 1 aromatic heterocycles. The summed E-state index contributed by atoms with van der Waals surface area (Å²) in [6.07, 6.45) is 7.10. The molecule has 0 bridgehead atoms. The first-order valence-corrected chi connectivity index (χ1v) is 11.8. The number of aliphatic hydroxyl groups is 1. The quantitative estimate of drug-likeness (QED) is 0.640. The lowest BCUT2D eigenvalue weighted by Gasteiger charge is -2.38. The van der Waals surface area contributed by atoms with Gasteiger partial charge in [0.2, 0.25) is 5.91 Å². The highest BCUT2D eigenvalue weighted by molar-refractivity contribution is 5.84. The lowest BCUT2D eigenvalue weighted by molar-refractivity contribution is -0.138. The zero-order valence-corrected chi connectivity index (χ0v) is 18.4. The van der Waals surface area contributed by atoms with Gasteiger partial charge in [0.1, 0.15) is 0 Å². The first-order chi connectivity index (χ1) is 15.7. The summed E-state index contributed by atoms with van der Waals surface area (Å²) < 4.78 is 2.17. The summed E-state index contributed by atoms with van der Waals surface area (Å²) in [5, 5.41) is 10.2. The minimum absolute atomic E-state index is 0.0339. The summed E-state index contributed by atoms with van der Waals surface area (Å²) in [7, 11) is 0. The highest BCUT2D eigenvalue weighted by atomic mass is 16.3. The third-order valence-corrected chi connectivity index (χ3v) is 7.21. The molecule has 5 nitrogen and oxygen atoms in total. The number of benzene rings is 2. The molecule has 2 heterocycles. The summed E-state index contributed by atoms with van der Waals surface area (Å²) >= 11 is 0. The van der Waals surface area contributed by atoms with E-state index < -0.39 is 0 Å². The van der Waals surface area contributed by atoms with Gasteiger partial charge < -0.3 is 14.6 Å². The third kappa shape index (κ3) is 4.09. The maximum absolute atomic E-state index is 13.9. The van der Waals surface area contributed by atoms with Gasteiger partial charge >= 0.3 is 0 Å². The van der Waals surface area contributed by atoms with Crippen LogP contribution in [0.4, 0.5) is 0 Å². The van der Waals surface area contributed by atoms with Crippen LogP contribution in [-0.2, 0) is 24.3 Å². The van der Waals surface area contributed by atoms with Gasteiger partial charge in [-0.3, -0.25) is 4.79 Å². The lowest BCUT2D eigenvalue weighted by Crippen LogP contribution is -2.49. The molecular formula is C27H31N3O2. The van der Waals surface area contributed by atoms with Crippen LogP contribution in [0.3, 0.4) is 0 Å². The number of imidazole rings is 1. The van der Waals surface area contributed by atoms with Crippen LogP contribution in [0.5, 0.6) is 0 Å². The number of carbonyl (C=O) groups is 1. The average Bonchev–Trinajstić information content (AvgIpc) is 3.50. The topological polar surface area (TPSA) is 58.4 Å². The molecule has 32 heavy (non-hydrogen) atoms. The predicted octanol–water partition coefficient (Wildman–Crippen LogP) is 4.15. The summed E-state index contributed by atoms with van der Waals surface area (Å²) in [4.78, 5) is 20.5. The SMILES string of the molecule is O=C(C(c1ccccc1)C1CCCC1)N1Cc2ncn(Cc3ccccc3)c2CC1CO. The number of fused-ring (bicyclic) bond motifs is 1. The van der Waals surface area contributed by atoms with E-state index in [1.54, 1.807) is 0 Å². The molecule has 1 amide bonds. The Kier molecular flexibility index (Phi) is 6.08. The Bertz CT molecular complexity index is 1040. The second-order valence-corrected chi connectivity index (χ2v) is 9.19. The van der Waals surface area contributed by atoms with Gasteiger partial charge in [0.15, 0.2) is 0 Å². The number of amides is 1. The number of rotatable bonds is 6. The van der Waals surface area contributed by atoms with Crippen molar-refractivity contribution in [2.75, 3.05) is 6.61 Å². The summed E-state index contributed by atoms with van der Waals surface area (Å²) in [6.45, 7) is 1.19. The van der Waals surface area contributed by atoms with Gasteiger partial charge in [0.25, 0.3) is 0 Å². The molecule has 1 N–H and O–H groups in total. The number of hydrogen-bond acceptors (Lipinski definition) is 3. The molecule has 1 aliphatic carbocycles. The van der Waals surface area contributed by atoms with Gasteiger partial charge in [-0.15, -0.1) is 0 Å². The standard InChI is InChI=1S/C27H31N3O2/c31-18-23-15-25-24(28-19-29(25)16-20-9-3-1-4-10-20)17-30(23)27(32)26(22-13-7-8-14-22)21-11-5-2-6-12-21/h1-6,9-12,19,22-23,26,31H,7-8,13-18H2. The van der Waals surface area contributed by atoms with E-state index in [9.17, 15) is 9.90 Å². The van der Waals surface area contributed by atoms with Crippen LogP contribution >= 0.6 is 0 Å². The van der Waals surface area contributed by atoms with Gasteiger partial charge in [-0.25, -0.2) is 4.98 Å². The van der Waals surface area contributed by atoms with Crippen LogP contribution in [0, 0.1) is 5.92 Å². The zero-order valence-electron chi connectivity index (χ0n) is 18.4. The maximum atomic E-state index is 13.9. The maximum Gasteiger partial charge on any atom is 0.231 e. The number of nitrogens with zero attached hydrogens (tertiary/aromatic N) is 3. The first-order valence-electron chi connectivity index (χ1n) is 11.8. The molecule has 2 atom stereocenters. The molecule has 1 aliphatic heterocycles. The second-order valence-electron chi connectivity index (χ2n) is 9.19. The Morgan fingerprint density at radius 2 is 1.72 bits per heavy atom. The fraction of sp³-hybridized carbons (Fsp3) is 0.407. The lowest BCUT2D eigenvalue weighted by atomic mass is 9.83. The zero-order chi connectivity index (χ0) is 21.9. The molecule has 1 saturated carbocycles. The molecule has 0 radical (unpaired) electrons. The van der Waals surface area contributed by atoms with Crippen LogP contribution in [-0.4, -0.2) is 38.1 Å². The number of carbonyl (C=O) groups excluding carboxylic acids is 1. The van der Waals surface area contributed by atoms with Gasteiger partial charge in [0, 0.05) is 18.7 Å². The molecule has 2 aliphatic rings. The Hall–Kier alpha value is -2.92. The van der Waals surface area contributed by atoms with E-state index in [4.69, 9.17) is 0 Å². The monoisotopic (exact) mass is 429 g/mol. The van der Waals surface area contributed by atoms with Crippen LogP contribution in [0.25, 0.3) is 0 Å². The molecule has 166 valence electrons. The largest absolute Gasteiger partial charge is 0.394 e. The van der Waals surface area contributed by atoms with Crippen molar-refractivity contribution < 1.29 is 9.90 Å². The van der Waals surface area contributed by atoms with Crippen molar-refractivity contribution in [2.24, 2.45) is 5.92 Å². The minimum Gasteiger partial charge on any atom is -0.394 e. The molecule has 2 unspecified atom stereocenters. The van der Waals surface area contributed by atoms with Crippen molar-refractivity contribution in [1.29, 1.82) is 0 Å². The summed E-state index contributed by atoms with van der Waals surface area (Å²) in [5.74, 6) is 0.382. The molecule has 1 fully saturated rings. The van der Waals surface area contributed by atoms with Crippen molar-refractivity contribution in [3.63, 3.8) is 0 Å². The van der Waals surface area contributed by atoms with Crippen LogP contribution in [0.1, 0.15) is 54.1 Å². The van der Waals surface area contributed by atoms with Crippen molar-refractivity contribution >= 4 is 5.91 Å². The van der Waals surface area contributed by atoms with Gasteiger partial charge in [-0.2, -0.15) is 0 Å². The van der Waals surface area contributed by atoms with Crippen molar-refractivity contribution in [3.8, 4) is 0 Å². The van der Waals surface area contributed by atoms with E-state index in [1.807, 2.05) is 47.6 Å². The Morgan fingerprint density at radius 3 is 2.41 bits per heavy atom. The normalized spacial score (nSPS) is 19.7. The van der Waals surface area contributed by atoms with E-state index >= 15 is 0 Å². The summed E-state index contributed by atoms with van der Waals surface area (Å²) in [6, 6.07) is 20.3. The highest BCUT2D eigenvalue weighted by Crippen LogP contribution is 2.39. The molecular weight excluding hydrogens is 398 g/mol. The summed E-state index contributed by atoms with van der Waals surface area (Å²) in [5.41, 5.74) is 4.41. The van der Waals surface area contributed by atoms with Crippen LogP contribution in [0.15, 0.2) is 67.0 Å². The van der Waals surface area contributed by atoms with Crippen LogP contribution in [0.2, 0.25) is 0 Å². The smallest absolute Gasteiger partial charge is 0.231 e. The Labute approximate surface area is 189 Å². The number of aromatic nitrogens is 2. The van der Waals surface area contributed by atoms with E-state index in [0.717, 1.165) is 36.3 Å². The first kappa shape index (κ1) is 21.0. The molecule has 5 heteroatoms. The van der Waals surface area contributed by atoms with Gasteiger partial charge in [0.05, 0.1) is 37.1 Å². The predicted molar refractivity (Wildman–Crippen MR) is 124 cm³/mol.